The molecule has 3 nitrogen and oxygen atoms in total. The zero-order chi connectivity index (χ0) is 9.54. The third kappa shape index (κ3) is 0.992. The third-order valence-corrected chi connectivity index (χ3v) is 2.44. The molecular formula is C10H6ClN3. The average Bonchev–Trinajstić information content (AvgIpc) is 2.54. The highest BCUT2D eigenvalue weighted by molar-refractivity contribution is 6.30. The summed E-state index contributed by atoms with van der Waals surface area (Å²) in [5.41, 5.74) is 1.79. The van der Waals surface area contributed by atoms with Crippen LogP contribution in [0, 0.1) is 0 Å². The van der Waals surface area contributed by atoms with Gasteiger partial charge < -0.3 is 4.98 Å². The standard InChI is InChI=1S/C10H6ClN3/c11-9-2-1-7-6-3-4-12-5-8(6)13-10(7)14-9/h1-5H,(H,13,14). The maximum Gasteiger partial charge on any atom is 0.140 e. The van der Waals surface area contributed by atoms with Gasteiger partial charge in [-0.3, -0.25) is 4.98 Å². The molecule has 3 heterocycles. The lowest BCUT2D eigenvalue weighted by Gasteiger charge is -1.89. The quantitative estimate of drug-likeness (QED) is 0.571. The number of rotatable bonds is 0. The number of fused-ring (bicyclic) bond motifs is 3. The van der Waals surface area contributed by atoms with Gasteiger partial charge in [-0.25, -0.2) is 4.98 Å². The number of pyridine rings is 2. The van der Waals surface area contributed by atoms with Gasteiger partial charge in [0.1, 0.15) is 10.8 Å². The molecule has 0 saturated carbocycles. The Morgan fingerprint density at radius 2 is 2.07 bits per heavy atom. The van der Waals surface area contributed by atoms with E-state index in [0.717, 1.165) is 21.9 Å². The molecule has 0 radical (unpaired) electrons. The van der Waals surface area contributed by atoms with E-state index in [1.54, 1.807) is 18.5 Å². The van der Waals surface area contributed by atoms with E-state index in [9.17, 15) is 0 Å². The van der Waals surface area contributed by atoms with Crippen LogP contribution in [0.15, 0.2) is 30.6 Å². The van der Waals surface area contributed by atoms with Gasteiger partial charge in [-0.2, -0.15) is 0 Å². The van der Waals surface area contributed by atoms with Crippen molar-refractivity contribution in [1.29, 1.82) is 0 Å². The average molecular weight is 204 g/mol. The second kappa shape index (κ2) is 2.69. The fraction of sp³-hybridized carbons (Fsp3) is 0. The van der Waals surface area contributed by atoms with E-state index in [-0.39, 0.29) is 0 Å². The highest BCUT2D eigenvalue weighted by Crippen LogP contribution is 2.23. The summed E-state index contributed by atoms with van der Waals surface area (Å²) in [6, 6.07) is 5.71. The maximum absolute atomic E-state index is 5.80. The van der Waals surface area contributed by atoms with Crippen LogP contribution in [0.25, 0.3) is 21.9 Å². The van der Waals surface area contributed by atoms with Crippen molar-refractivity contribution >= 4 is 33.5 Å². The maximum atomic E-state index is 5.80. The number of H-pyrrole nitrogens is 1. The summed E-state index contributed by atoms with van der Waals surface area (Å²) in [7, 11) is 0. The Morgan fingerprint density at radius 1 is 1.14 bits per heavy atom. The molecule has 3 rings (SSSR count). The van der Waals surface area contributed by atoms with Crippen molar-refractivity contribution in [3.05, 3.63) is 35.7 Å². The van der Waals surface area contributed by atoms with E-state index in [1.165, 1.54) is 0 Å². The summed E-state index contributed by atoms with van der Waals surface area (Å²) < 4.78 is 0. The first-order chi connectivity index (χ1) is 6.84. The van der Waals surface area contributed by atoms with Crippen LogP contribution in [0.3, 0.4) is 0 Å². The van der Waals surface area contributed by atoms with Crippen molar-refractivity contribution in [3.8, 4) is 0 Å². The SMILES string of the molecule is Clc1ccc2c(n1)[nH]c1cnccc12. The van der Waals surface area contributed by atoms with Gasteiger partial charge in [0.25, 0.3) is 0 Å². The molecular weight excluding hydrogens is 198 g/mol. The summed E-state index contributed by atoms with van der Waals surface area (Å²) >= 11 is 5.80. The Morgan fingerprint density at radius 3 is 3.00 bits per heavy atom. The summed E-state index contributed by atoms with van der Waals surface area (Å²) in [6.45, 7) is 0. The first-order valence-electron chi connectivity index (χ1n) is 4.22. The molecule has 1 N–H and O–H groups in total. The molecule has 0 atom stereocenters. The monoisotopic (exact) mass is 203 g/mol. The molecule has 0 aliphatic carbocycles. The number of nitrogens with zero attached hydrogens (tertiary/aromatic N) is 2. The largest absolute Gasteiger partial charge is 0.338 e. The normalized spacial score (nSPS) is 11.2. The fourth-order valence-electron chi connectivity index (χ4n) is 1.60. The van der Waals surface area contributed by atoms with E-state index in [1.807, 2.05) is 12.1 Å². The van der Waals surface area contributed by atoms with Gasteiger partial charge in [0.15, 0.2) is 0 Å². The van der Waals surface area contributed by atoms with Gasteiger partial charge in [-0.15, -0.1) is 0 Å². The minimum atomic E-state index is 0.497. The van der Waals surface area contributed by atoms with Gasteiger partial charge in [-0.05, 0) is 18.2 Å². The summed E-state index contributed by atoms with van der Waals surface area (Å²) in [4.78, 5) is 11.4. The molecule has 3 aromatic rings. The summed E-state index contributed by atoms with van der Waals surface area (Å²) in [5, 5.41) is 2.70. The van der Waals surface area contributed by atoms with Crippen molar-refractivity contribution in [3.63, 3.8) is 0 Å². The predicted octanol–water partition coefficient (Wildman–Crippen LogP) is 2.76. The van der Waals surface area contributed by atoms with Crippen molar-refractivity contribution < 1.29 is 0 Å². The smallest absolute Gasteiger partial charge is 0.140 e. The Balaban J connectivity index is 2.57. The van der Waals surface area contributed by atoms with Gasteiger partial charge in [0.05, 0.1) is 11.7 Å². The Hall–Kier alpha value is -1.61. The van der Waals surface area contributed by atoms with Crippen LogP contribution in [0.1, 0.15) is 0 Å². The molecule has 4 heteroatoms. The molecule has 0 amide bonds. The zero-order valence-corrected chi connectivity index (χ0v) is 7.92. The van der Waals surface area contributed by atoms with Gasteiger partial charge in [0, 0.05) is 17.0 Å². The lowest BCUT2D eigenvalue weighted by Crippen LogP contribution is -1.75. The van der Waals surface area contributed by atoms with Gasteiger partial charge in [0.2, 0.25) is 0 Å². The van der Waals surface area contributed by atoms with E-state index in [2.05, 4.69) is 15.0 Å². The lowest BCUT2D eigenvalue weighted by molar-refractivity contribution is 1.32. The number of nitrogens with one attached hydrogen (secondary N) is 1. The minimum absolute atomic E-state index is 0.497. The molecule has 0 unspecified atom stereocenters. The first-order valence-corrected chi connectivity index (χ1v) is 4.60. The predicted molar refractivity (Wildman–Crippen MR) is 56.4 cm³/mol. The first kappa shape index (κ1) is 7.76. The van der Waals surface area contributed by atoms with Crippen LogP contribution in [0.4, 0.5) is 0 Å². The molecule has 3 aromatic heterocycles. The Labute approximate surface area is 84.7 Å². The van der Waals surface area contributed by atoms with Gasteiger partial charge in [-0.1, -0.05) is 11.6 Å². The van der Waals surface area contributed by atoms with Crippen molar-refractivity contribution in [2.24, 2.45) is 0 Å². The van der Waals surface area contributed by atoms with Crippen LogP contribution in [-0.4, -0.2) is 15.0 Å². The van der Waals surface area contributed by atoms with Crippen molar-refractivity contribution in [1.82, 2.24) is 15.0 Å². The van der Waals surface area contributed by atoms with Crippen LogP contribution >= 0.6 is 11.6 Å². The molecule has 14 heavy (non-hydrogen) atoms. The molecule has 0 saturated heterocycles. The summed E-state index contributed by atoms with van der Waals surface area (Å²) in [5.74, 6) is 0. The second-order valence-corrected chi connectivity index (χ2v) is 3.46. The van der Waals surface area contributed by atoms with E-state index in [0.29, 0.717) is 5.15 Å². The molecule has 68 valence electrons. The van der Waals surface area contributed by atoms with Crippen LogP contribution in [0.5, 0.6) is 0 Å². The fourth-order valence-corrected chi connectivity index (χ4v) is 1.75. The molecule has 0 bridgehead atoms. The third-order valence-electron chi connectivity index (χ3n) is 2.23. The Kier molecular flexibility index (Phi) is 1.49. The molecule has 0 aliphatic rings. The molecule has 0 fully saturated rings. The number of aromatic amines is 1. The minimum Gasteiger partial charge on any atom is -0.338 e. The number of aromatic nitrogens is 3. The van der Waals surface area contributed by atoms with E-state index in [4.69, 9.17) is 11.6 Å². The summed E-state index contributed by atoms with van der Waals surface area (Å²) in [6.07, 6.45) is 3.55. The Bertz CT molecular complexity index is 615. The highest BCUT2D eigenvalue weighted by atomic mass is 35.5. The molecule has 0 spiro atoms. The van der Waals surface area contributed by atoms with Crippen molar-refractivity contribution in [2.75, 3.05) is 0 Å². The van der Waals surface area contributed by atoms with Crippen molar-refractivity contribution in [2.45, 2.75) is 0 Å². The number of halogens is 1. The van der Waals surface area contributed by atoms with E-state index >= 15 is 0 Å². The highest BCUT2D eigenvalue weighted by Gasteiger charge is 2.04. The van der Waals surface area contributed by atoms with Gasteiger partial charge >= 0.3 is 0 Å². The second-order valence-electron chi connectivity index (χ2n) is 3.08. The van der Waals surface area contributed by atoms with E-state index < -0.39 is 0 Å². The molecule has 0 aliphatic heterocycles. The molecule has 0 aromatic carbocycles. The van der Waals surface area contributed by atoms with Crippen LogP contribution in [0.2, 0.25) is 5.15 Å². The van der Waals surface area contributed by atoms with Crippen LogP contribution < -0.4 is 0 Å². The number of hydrogen-bond acceptors (Lipinski definition) is 2. The number of hydrogen-bond donors (Lipinski definition) is 1. The lowest BCUT2D eigenvalue weighted by atomic mass is 10.2. The topological polar surface area (TPSA) is 41.6 Å². The van der Waals surface area contributed by atoms with Crippen LogP contribution in [-0.2, 0) is 0 Å². The zero-order valence-electron chi connectivity index (χ0n) is 7.16.